The molecule has 0 spiro atoms. The van der Waals surface area contributed by atoms with Crippen molar-refractivity contribution in [2.75, 3.05) is 0 Å². The number of hydrogen-bond acceptors (Lipinski definition) is 3. The van der Waals surface area contributed by atoms with Crippen molar-refractivity contribution in [3.05, 3.63) is 98.9 Å². The van der Waals surface area contributed by atoms with Crippen molar-refractivity contribution >= 4 is 22.6 Å². The Morgan fingerprint density at radius 3 is 2.57 bits per heavy atom. The number of fused-ring (bicyclic) bond motifs is 1. The van der Waals surface area contributed by atoms with Crippen molar-refractivity contribution in [1.29, 1.82) is 0 Å². The Hall–Kier alpha value is -3.11. The number of hydrogen-bond donors (Lipinski definition) is 0. The zero-order valence-corrected chi connectivity index (χ0v) is 15.8. The van der Waals surface area contributed by atoms with Crippen LogP contribution in [0, 0.1) is 12.7 Å². The van der Waals surface area contributed by atoms with Crippen molar-refractivity contribution in [3.8, 4) is 17.1 Å². The molecule has 3 nitrogen and oxygen atoms in total. The van der Waals surface area contributed by atoms with Gasteiger partial charge in [-0.25, -0.2) is 4.39 Å². The standard InChI is InChI=1S/C23H16ClFO3/c1-14-10-11-20-16(12-14)21(26)23(22(28-20)15-6-3-2-4-7-15)27-13-17-18(24)8-5-9-19(17)25/h2-12H,13H2,1H3. The highest BCUT2D eigenvalue weighted by Gasteiger charge is 2.19. The Labute approximate surface area is 166 Å². The summed E-state index contributed by atoms with van der Waals surface area (Å²) in [5.74, 6) is -0.159. The van der Waals surface area contributed by atoms with E-state index in [0.717, 1.165) is 5.56 Å². The number of aryl methyl sites for hydroxylation is 1. The van der Waals surface area contributed by atoms with Crippen LogP contribution in [0.25, 0.3) is 22.3 Å². The molecule has 1 aromatic heterocycles. The van der Waals surface area contributed by atoms with Crippen LogP contribution in [0.5, 0.6) is 5.75 Å². The fraction of sp³-hybridized carbons (Fsp3) is 0.0870. The molecule has 0 aliphatic rings. The van der Waals surface area contributed by atoms with Gasteiger partial charge in [-0.3, -0.25) is 4.79 Å². The molecule has 140 valence electrons. The molecule has 0 amide bonds. The van der Waals surface area contributed by atoms with Crippen LogP contribution in [0.2, 0.25) is 5.02 Å². The fourth-order valence-electron chi connectivity index (χ4n) is 3.02. The number of ether oxygens (including phenoxy) is 1. The molecule has 0 saturated carbocycles. The molecule has 0 saturated heterocycles. The second kappa shape index (κ2) is 7.49. The molecule has 28 heavy (non-hydrogen) atoms. The van der Waals surface area contributed by atoms with Gasteiger partial charge in [0.25, 0.3) is 0 Å². The van der Waals surface area contributed by atoms with Crippen LogP contribution >= 0.6 is 11.6 Å². The second-order valence-electron chi connectivity index (χ2n) is 6.44. The third-order valence-electron chi connectivity index (χ3n) is 4.46. The van der Waals surface area contributed by atoms with E-state index in [1.54, 1.807) is 18.2 Å². The van der Waals surface area contributed by atoms with Gasteiger partial charge in [0.1, 0.15) is 18.0 Å². The Morgan fingerprint density at radius 2 is 1.82 bits per heavy atom. The lowest BCUT2D eigenvalue weighted by Crippen LogP contribution is -2.11. The minimum atomic E-state index is -0.491. The zero-order valence-electron chi connectivity index (χ0n) is 15.0. The fourth-order valence-corrected chi connectivity index (χ4v) is 3.23. The predicted octanol–water partition coefficient (Wildman–Crippen LogP) is 6.14. The number of rotatable bonds is 4. The van der Waals surface area contributed by atoms with E-state index in [4.69, 9.17) is 20.8 Å². The van der Waals surface area contributed by atoms with Crippen molar-refractivity contribution in [2.45, 2.75) is 13.5 Å². The molecule has 0 radical (unpaired) electrons. The number of benzene rings is 3. The van der Waals surface area contributed by atoms with E-state index >= 15 is 0 Å². The first-order valence-corrected chi connectivity index (χ1v) is 9.11. The van der Waals surface area contributed by atoms with Crippen LogP contribution in [-0.2, 0) is 6.61 Å². The van der Waals surface area contributed by atoms with Gasteiger partial charge in [0.2, 0.25) is 11.2 Å². The highest BCUT2D eigenvalue weighted by atomic mass is 35.5. The van der Waals surface area contributed by atoms with Crippen LogP contribution in [0.4, 0.5) is 4.39 Å². The average Bonchev–Trinajstić information content (AvgIpc) is 2.70. The van der Waals surface area contributed by atoms with Gasteiger partial charge in [0.15, 0.2) is 5.76 Å². The first-order chi connectivity index (χ1) is 13.5. The van der Waals surface area contributed by atoms with E-state index in [1.807, 2.05) is 43.3 Å². The largest absolute Gasteiger partial charge is 0.481 e. The molecule has 0 unspecified atom stereocenters. The van der Waals surface area contributed by atoms with Crippen LogP contribution in [0.3, 0.4) is 0 Å². The molecule has 5 heteroatoms. The molecule has 0 aliphatic heterocycles. The van der Waals surface area contributed by atoms with Gasteiger partial charge in [-0.05, 0) is 31.2 Å². The minimum absolute atomic E-state index is 0.0311. The molecular formula is C23H16ClFO3. The summed E-state index contributed by atoms with van der Waals surface area (Å²) in [6, 6.07) is 19.0. The van der Waals surface area contributed by atoms with E-state index < -0.39 is 5.82 Å². The Bertz CT molecular complexity index is 1200. The third-order valence-corrected chi connectivity index (χ3v) is 4.82. The molecule has 1 heterocycles. The summed E-state index contributed by atoms with van der Waals surface area (Å²) in [7, 11) is 0. The SMILES string of the molecule is Cc1ccc2oc(-c3ccccc3)c(OCc3c(F)cccc3Cl)c(=O)c2c1. The van der Waals surface area contributed by atoms with Crippen LogP contribution < -0.4 is 10.2 Å². The Kier molecular flexibility index (Phi) is 4.88. The molecule has 3 aromatic carbocycles. The van der Waals surface area contributed by atoms with Gasteiger partial charge in [-0.15, -0.1) is 0 Å². The highest BCUT2D eigenvalue weighted by Crippen LogP contribution is 2.32. The maximum absolute atomic E-state index is 14.1. The third kappa shape index (κ3) is 3.39. The highest BCUT2D eigenvalue weighted by molar-refractivity contribution is 6.31. The monoisotopic (exact) mass is 394 g/mol. The molecule has 0 aliphatic carbocycles. The van der Waals surface area contributed by atoms with E-state index in [1.165, 1.54) is 12.1 Å². The molecule has 4 aromatic rings. The van der Waals surface area contributed by atoms with Gasteiger partial charge < -0.3 is 9.15 Å². The molecular weight excluding hydrogens is 379 g/mol. The number of halogens is 2. The molecule has 0 fully saturated rings. The Morgan fingerprint density at radius 1 is 1.04 bits per heavy atom. The topological polar surface area (TPSA) is 39.4 Å². The van der Waals surface area contributed by atoms with Crippen molar-refractivity contribution < 1.29 is 13.5 Å². The quantitative estimate of drug-likeness (QED) is 0.417. The van der Waals surface area contributed by atoms with Gasteiger partial charge >= 0.3 is 0 Å². The summed E-state index contributed by atoms with van der Waals surface area (Å²) in [5, 5.41) is 0.650. The molecule has 0 bridgehead atoms. The predicted molar refractivity (Wildman–Crippen MR) is 108 cm³/mol. The summed E-state index contributed by atoms with van der Waals surface area (Å²) in [6.45, 7) is 1.71. The minimum Gasteiger partial charge on any atom is -0.481 e. The van der Waals surface area contributed by atoms with E-state index in [2.05, 4.69) is 0 Å². The normalized spacial score (nSPS) is 11.0. The van der Waals surface area contributed by atoms with E-state index in [0.29, 0.717) is 22.3 Å². The van der Waals surface area contributed by atoms with E-state index in [-0.39, 0.29) is 28.4 Å². The van der Waals surface area contributed by atoms with Crippen LogP contribution in [0.1, 0.15) is 11.1 Å². The molecule has 0 atom stereocenters. The summed E-state index contributed by atoms with van der Waals surface area (Å²) in [5.41, 5.74) is 1.96. The van der Waals surface area contributed by atoms with Gasteiger partial charge in [0, 0.05) is 11.1 Å². The van der Waals surface area contributed by atoms with Gasteiger partial charge in [0.05, 0.1) is 10.4 Å². The van der Waals surface area contributed by atoms with Gasteiger partial charge in [-0.1, -0.05) is 59.6 Å². The second-order valence-corrected chi connectivity index (χ2v) is 6.85. The van der Waals surface area contributed by atoms with E-state index in [9.17, 15) is 9.18 Å². The maximum Gasteiger partial charge on any atom is 0.235 e. The lowest BCUT2D eigenvalue weighted by molar-refractivity contribution is 0.292. The Balaban J connectivity index is 1.87. The lowest BCUT2D eigenvalue weighted by Gasteiger charge is -2.13. The molecule has 0 N–H and O–H groups in total. The summed E-state index contributed by atoms with van der Waals surface area (Å²) in [4.78, 5) is 13.2. The summed E-state index contributed by atoms with van der Waals surface area (Å²) in [6.07, 6.45) is 0. The summed E-state index contributed by atoms with van der Waals surface area (Å²) < 4.78 is 25.9. The lowest BCUT2D eigenvalue weighted by atomic mass is 10.1. The van der Waals surface area contributed by atoms with Crippen molar-refractivity contribution in [2.24, 2.45) is 0 Å². The first-order valence-electron chi connectivity index (χ1n) is 8.73. The van der Waals surface area contributed by atoms with Crippen molar-refractivity contribution in [1.82, 2.24) is 0 Å². The molecule has 4 rings (SSSR count). The first kappa shape index (κ1) is 18.3. The van der Waals surface area contributed by atoms with Crippen LogP contribution in [-0.4, -0.2) is 0 Å². The zero-order chi connectivity index (χ0) is 19.7. The summed E-state index contributed by atoms with van der Waals surface area (Å²) >= 11 is 6.09. The van der Waals surface area contributed by atoms with Crippen LogP contribution in [0.15, 0.2) is 75.9 Å². The van der Waals surface area contributed by atoms with Crippen molar-refractivity contribution in [3.63, 3.8) is 0 Å². The maximum atomic E-state index is 14.1. The van der Waals surface area contributed by atoms with Gasteiger partial charge in [-0.2, -0.15) is 0 Å². The smallest absolute Gasteiger partial charge is 0.235 e. The average molecular weight is 395 g/mol.